The van der Waals surface area contributed by atoms with Crippen LogP contribution in [0.5, 0.6) is 0 Å². The second-order valence-corrected chi connectivity index (χ2v) is 23.3. The van der Waals surface area contributed by atoms with Gasteiger partial charge in [0.15, 0.2) is 0 Å². The lowest BCUT2D eigenvalue weighted by Gasteiger charge is -2.17. The molecular weight excluding hydrogens is 1090 g/mol. The number of hydrogen-bond acceptors (Lipinski definition) is 2. The molecular formula is C88H56O2. The molecule has 2 aromatic heterocycles. The van der Waals surface area contributed by atoms with Crippen LogP contribution in [0.15, 0.2) is 349 Å². The van der Waals surface area contributed by atoms with Crippen LogP contribution >= 0.6 is 0 Å². The molecule has 0 bridgehead atoms. The first-order chi connectivity index (χ1) is 44.6. The third-order valence-electron chi connectivity index (χ3n) is 18.1. The van der Waals surface area contributed by atoms with E-state index in [4.69, 9.17) is 8.83 Å². The number of benzene rings is 16. The molecule has 90 heavy (non-hydrogen) atoms. The summed E-state index contributed by atoms with van der Waals surface area (Å²) in [5, 5.41) is 14.6. The molecule has 0 amide bonds. The van der Waals surface area contributed by atoms with Gasteiger partial charge in [-0.1, -0.05) is 291 Å². The molecule has 0 fully saturated rings. The summed E-state index contributed by atoms with van der Waals surface area (Å²) in [7, 11) is 0. The molecule has 0 saturated heterocycles. The topological polar surface area (TPSA) is 26.3 Å². The number of furan rings is 2. The van der Waals surface area contributed by atoms with Gasteiger partial charge in [0.2, 0.25) is 0 Å². The maximum atomic E-state index is 6.47. The third kappa shape index (κ3) is 9.12. The van der Waals surface area contributed by atoms with Crippen LogP contribution in [-0.2, 0) is 0 Å². The molecule has 2 heterocycles. The normalized spacial score (nSPS) is 11.6. The molecule has 18 rings (SSSR count). The molecule has 16 aromatic carbocycles. The van der Waals surface area contributed by atoms with Crippen LogP contribution in [0.3, 0.4) is 0 Å². The zero-order chi connectivity index (χ0) is 59.5. The Morgan fingerprint density at radius 3 is 0.956 bits per heavy atom. The van der Waals surface area contributed by atoms with E-state index < -0.39 is 0 Å². The fourth-order valence-corrected chi connectivity index (χ4v) is 14.0. The first-order valence-corrected chi connectivity index (χ1v) is 30.9. The molecule has 0 spiro atoms. The minimum atomic E-state index is 0.898. The maximum Gasteiger partial charge on any atom is 0.136 e. The highest BCUT2D eigenvalue weighted by atomic mass is 16.3. The average Bonchev–Trinajstić information content (AvgIpc) is 1.31. The average molecular weight is 1150 g/mol. The molecule has 0 unspecified atom stereocenters. The Morgan fingerprint density at radius 2 is 0.467 bits per heavy atom. The van der Waals surface area contributed by atoms with Crippen molar-refractivity contribution in [2.75, 3.05) is 0 Å². The molecule has 420 valence electrons. The van der Waals surface area contributed by atoms with Crippen LogP contribution < -0.4 is 0 Å². The lowest BCUT2D eigenvalue weighted by atomic mass is 9.85. The Hall–Kier alpha value is -11.8. The second-order valence-electron chi connectivity index (χ2n) is 23.3. The van der Waals surface area contributed by atoms with E-state index in [1.807, 2.05) is 0 Å². The minimum absolute atomic E-state index is 0.898. The lowest BCUT2D eigenvalue weighted by molar-refractivity contribution is 0.668. The fraction of sp³-hybridized carbons (Fsp3) is 0. The quantitative estimate of drug-likeness (QED) is 0.142. The zero-order valence-electron chi connectivity index (χ0n) is 49.1. The van der Waals surface area contributed by atoms with Gasteiger partial charge in [0, 0.05) is 21.5 Å². The molecule has 0 N–H and O–H groups in total. The zero-order valence-corrected chi connectivity index (χ0v) is 49.1. The Kier molecular flexibility index (Phi) is 12.9. The highest BCUT2D eigenvalue weighted by Gasteiger charge is 2.21. The Bertz CT molecular complexity index is 5630. The van der Waals surface area contributed by atoms with Gasteiger partial charge in [0.1, 0.15) is 22.3 Å². The van der Waals surface area contributed by atoms with E-state index in [-0.39, 0.29) is 0 Å². The van der Waals surface area contributed by atoms with Crippen LogP contribution in [0.4, 0.5) is 0 Å². The van der Waals surface area contributed by atoms with Crippen molar-refractivity contribution in [3.05, 3.63) is 340 Å². The lowest BCUT2D eigenvalue weighted by Crippen LogP contribution is -1.90. The van der Waals surface area contributed by atoms with Crippen molar-refractivity contribution >= 4 is 87.0 Å². The first kappa shape index (κ1) is 52.5. The van der Waals surface area contributed by atoms with Gasteiger partial charge in [-0.25, -0.2) is 0 Å². The maximum absolute atomic E-state index is 6.47. The summed E-state index contributed by atoms with van der Waals surface area (Å²) >= 11 is 0. The van der Waals surface area contributed by atoms with E-state index in [0.29, 0.717) is 0 Å². The molecule has 2 nitrogen and oxygen atoms in total. The van der Waals surface area contributed by atoms with Gasteiger partial charge >= 0.3 is 0 Å². The largest absolute Gasteiger partial charge is 0.456 e. The van der Waals surface area contributed by atoms with E-state index in [1.54, 1.807) is 0 Å². The monoisotopic (exact) mass is 1140 g/mol. The standard InChI is InChI=1S/2C44H28O/c1-3-13-29(14-4-1)31-17-11-18-32(27-31)34-23-12-24-41-44(34)39-28-33(25-26-40(39)45-41)43-37-21-9-7-19-35(37)42(30-15-5-2-6-16-30)36-20-8-10-22-38(36)43;1-3-11-29(12-4-1)30-19-21-31(22-20-30)33-23-25-35-40-27-34(24-26-41(40)45-42(35)28-33)44-38-17-9-7-15-36(38)43(32-13-5-2-6-14-32)37-16-8-10-18-39(37)44/h2*1-28H. The highest BCUT2D eigenvalue weighted by molar-refractivity contribution is 6.24. The highest BCUT2D eigenvalue weighted by Crippen LogP contribution is 2.48. The molecule has 0 aliphatic rings. The van der Waals surface area contributed by atoms with E-state index in [9.17, 15) is 0 Å². The van der Waals surface area contributed by atoms with Crippen molar-refractivity contribution in [3.8, 4) is 89.0 Å². The predicted octanol–water partition coefficient (Wildman–Crippen LogP) is 25.1. The predicted molar refractivity (Wildman–Crippen MR) is 381 cm³/mol. The van der Waals surface area contributed by atoms with Crippen LogP contribution in [0.1, 0.15) is 0 Å². The summed E-state index contributed by atoms with van der Waals surface area (Å²) in [5.74, 6) is 0. The molecule has 18 aromatic rings. The first-order valence-electron chi connectivity index (χ1n) is 30.9. The fourth-order valence-electron chi connectivity index (χ4n) is 14.0. The molecule has 0 radical (unpaired) electrons. The van der Waals surface area contributed by atoms with Gasteiger partial charge in [0.25, 0.3) is 0 Å². The number of rotatable bonds is 8. The van der Waals surface area contributed by atoms with E-state index >= 15 is 0 Å². The Morgan fingerprint density at radius 1 is 0.144 bits per heavy atom. The second kappa shape index (κ2) is 22.1. The van der Waals surface area contributed by atoms with Crippen molar-refractivity contribution in [1.82, 2.24) is 0 Å². The van der Waals surface area contributed by atoms with Gasteiger partial charge in [-0.15, -0.1) is 0 Å². The van der Waals surface area contributed by atoms with Gasteiger partial charge in [-0.2, -0.15) is 0 Å². The van der Waals surface area contributed by atoms with Gasteiger partial charge < -0.3 is 8.83 Å². The summed E-state index contributed by atoms with van der Waals surface area (Å²) in [6.07, 6.45) is 0. The van der Waals surface area contributed by atoms with Crippen molar-refractivity contribution in [1.29, 1.82) is 0 Å². The molecule has 0 aliphatic carbocycles. The number of fused-ring (bicyclic) bond motifs is 10. The van der Waals surface area contributed by atoms with E-state index in [1.165, 1.54) is 127 Å². The Labute approximate surface area is 521 Å². The van der Waals surface area contributed by atoms with Crippen molar-refractivity contribution in [3.63, 3.8) is 0 Å². The van der Waals surface area contributed by atoms with Crippen molar-refractivity contribution in [2.45, 2.75) is 0 Å². The minimum Gasteiger partial charge on any atom is -0.456 e. The number of hydrogen-bond donors (Lipinski definition) is 0. The Balaban J connectivity index is 0.000000139. The van der Waals surface area contributed by atoms with Crippen molar-refractivity contribution < 1.29 is 8.83 Å². The van der Waals surface area contributed by atoms with E-state index in [0.717, 1.165) is 49.4 Å². The van der Waals surface area contributed by atoms with Crippen LogP contribution in [0.25, 0.3) is 176 Å². The summed E-state index contributed by atoms with van der Waals surface area (Å²) in [5.41, 5.74) is 23.1. The van der Waals surface area contributed by atoms with Crippen LogP contribution in [0, 0.1) is 0 Å². The third-order valence-corrected chi connectivity index (χ3v) is 18.1. The van der Waals surface area contributed by atoms with Crippen LogP contribution in [-0.4, -0.2) is 0 Å². The molecule has 0 saturated carbocycles. The van der Waals surface area contributed by atoms with E-state index in [2.05, 4.69) is 340 Å². The van der Waals surface area contributed by atoms with Crippen molar-refractivity contribution in [2.24, 2.45) is 0 Å². The van der Waals surface area contributed by atoms with Gasteiger partial charge in [-0.05, 0) is 181 Å². The molecule has 2 heteroatoms. The smallest absolute Gasteiger partial charge is 0.136 e. The molecule has 0 atom stereocenters. The summed E-state index contributed by atoms with van der Waals surface area (Å²) in [4.78, 5) is 0. The summed E-state index contributed by atoms with van der Waals surface area (Å²) in [6.45, 7) is 0. The van der Waals surface area contributed by atoms with Gasteiger partial charge in [-0.3, -0.25) is 0 Å². The molecule has 0 aliphatic heterocycles. The van der Waals surface area contributed by atoms with Gasteiger partial charge in [0.05, 0.1) is 0 Å². The van der Waals surface area contributed by atoms with Crippen LogP contribution in [0.2, 0.25) is 0 Å². The summed E-state index contributed by atoms with van der Waals surface area (Å²) < 4.78 is 12.9. The summed E-state index contributed by atoms with van der Waals surface area (Å²) in [6, 6.07) is 122. The SMILES string of the molecule is c1ccc(-c2ccc(-c3ccc4c(c3)oc3ccc(-c5c6ccccc6c(-c6ccccc6)c6ccccc56)cc34)cc2)cc1.c1ccc(-c2cccc(-c3cccc4oc5ccc(-c6c7ccccc7c(-c7ccccc7)c7ccccc67)cc5c34)c2)cc1.